The maximum atomic E-state index is 11.9. The van der Waals surface area contributed by atoms with E-state index in [-0.39, 0.29) is 12.1 Å². The van der Waals surface area contributed by atoms with Crippen molar-refractivity contribution < 1.29 is 14.6 Å². The van der Waals surface area contributed by atoms with Crippen LogP contribution in [0.3, 0.4) is 0 Å². The number of hydrogen-bond donors (Lipinski definition) is 1. The number of hydrogen-bond acceptors (Lipinski definition) is 3. The second-order valence-corrected chi connectivity index (χ2v) is 10.5. The summed E-state index contributed by atoms with van der Waals surface area (Å²) < 4.78 is 5.49. The van der Waals surface area contributed by atoms with E-state index in [1.54, 1.807) is 0 Å². The summed E-state index contributed by atoms with van der Waals surface area (Å²) in [5.74, 6) is 1.49. The van der Waals surface area contributed by atoms with Gasteiger partial charge in [0.15, 0.2) is 0 Å². The molecule has 1 aliphatic rings. The second kappa shape index (κ2) is 21.0. The predicted molar refractivity (Wildman–Crippen MR) is 137 cm³/mol. The Kier molecular flexibility index (Phi) is 19.3. The van der Waals surface area contributed by atoms with Gasteiger partial charge in [0.25, 0.3) is 0 Å². The third-order valence-electron chi connectivity index (χ3n) is 7.27. The van der Waals surface area contributed by atoms with Crippen molar-refractivity contribution in [2.75, 3.05) is 6.61 Å². The monoisotopic (exact) mass is 452 g/mol. The van der Waals surface area contributed by atoms with E-state index in [1.807, 2.05) is 0 Å². The zero-order valence-corrected chi connectivity index (χ0v) is 21.8. The minimum atomic E-state index is -0.0946. The summed E-state index contributed by atoms with van der Waals surface area (Å²) in [5, 5.41) is 10.1. The number of carbonyl (C=O) groups excluding carboxylic acids is 1. The predicted octanol–water partition coefficient (Wildman–Crippen LogP) is 8.76. The number of esters is 1. The first-order valence-corrected chi connectivity index (χ1v) is 14.5. The van der Waals surface area contributed by atoms with Crippen LogP contribution in [0.1, 0.15) is 155 Å². The molecule has 0 heterocycles. The fourth-order valence-electron chi connectivity index (χ4n) is 4.81. The van der Waals surface area contributed by atoms with Crippen LogP contribution in [-0.2, 0) is 9.53 Å². The van der Waals surface area contributed by atoms with Gasteiger partial charge in [0.05, 0.1) is 12.7 Å². The average Bonchev–Trinajstić information content (AvgIpc) is 3.54. The fraction of sp³-hybridized carbons (Fsp3) is 0.966. The van der Waals surface area contributed by atoms with Gasteiger partial charge in [-0.3, -0.25) is 4.79 Å². The normalized spacial score (nSPS) is 18.6. The lowest BCUT2D eigenvalue weighted by molar-refractivity contribution is -0.144. The van der Waals surface area contributed by atoms with Crippen LogP contribution in [0.15, 0.2) is 0 Å². The number of ether oxygens (including phenoxy) is 1. The highest BCUT2D eigenvalue weighted by molar-refractivity contribution is 5.69. The van der Waals surface area contributed by atoms with Gasteiger partial charge in [-0.25, -0.2) is 0 Å². The van der Waals surface area contributed by atoms with Crippen LogP contribution in [-0.4, -0.2) is 23.8 Å². The van der Waals surface area contributed by atoms with E-state index >= 15 is 0 Å². The van der Waals surface area contributed by atoms with Crippen LogP contribution in [0.2, 0.25) is 0 Å². The number of aliphatic hydroxyl groups is 1. The smallest absolute Gasteiger partial charge is 0.305 e. The summed E-state index contributed by atoms with van der Waals surface area (Å²) in [7, 11) is 0. The summed E-state index contributed by atoms with van der Waals surface area (Å²) in [6, 6.07) is 0. The van der Waals surface area contributed by atoms with Crippen LogP contribution in [0.25, 0.3) is 0 Å². The van der Waals surface area contributed by atoms with Crippen molar-refractivity contribution in [3.63, 3.8) is 0 Å². The highest BCUT2D eigenvalue weighted by Crippen LogP contribution is 2.42. The van der Waals surface area contributed by atoms with Gasteiger partial charge in [0.1, 0.15) is 0 Å². The molecule has 32 heavy (non-hydrogen) atoms. The number of aliphatic hydroxyl groups excluding tert-OH is 1. The van der Waals surface area contributed by atoms with E-state index in [1.165, 1.54) is 103 Å². The molecule has 0 aliphatic heterocycles. The van der Waals surface area contributed by atoms with Crippen LogP contribution in [0.4, 0.5) is 0 Å². The van der Waals surface area contributed by atoms with Crippen molar-refractivity contribution in [3.8, 4) is 0 Å². The third-order valence-corrected chi connectivity index (χ3v) is 7.27. The van der Waals surface area contributed by atoms with E-state index in [2.05, 4.69) is 13.8 Å². The lowest BCUT2D eigenvalue weighted by Gasteiger charge is -2.10. The molecule has 0 saturated heterocycles. The minimum absolute atomic E-state index is 0.00937. The Morgan fingerprint density at radius 2 is 1.22 bits per heavy atom. The highest BCUT2D eigenvalue weighted by Gasteiger charge is 2.36. The molecule has 3 atom stereocenters. The zero-order chi connectivity index (χ0) is 23.3. The Balaban J connectivity index is 1.78. The first kappa shape index (κ1) is 29.5. The minimum Gasteiger partial charge on any atom is -0.465 e. The van der Waals surface area contributed by atoms with E-state index < -0.39 is 0 Å². The zero-order valence-electron chi connectivity index (χ0n) is 21.8. The van der Waals surface area contributed by atoms with Crippen LogP contribution < -0.4 is 0 Å². The molecule has 3 nitrogen and oxygen atoms in total. The third kappa shape index (κ3) is 17.9. The lowest BCUT2D eigenvalue weighted by atomic mass is 10.0. The largest absolute Gasteiger partial charge is 0.465 e. The van der Waals surface area contributed by atoms with Gasteiger partial charge in [-0.2, -0.15) is 0 Å². The number of unbranched alkanes of at least 4 members (excludes halogenated alkanes) is 14. The molecular formula is C29H56O3. The molecule has 0 aromatic heterocycles. The Labute approximate surface area is 200 Å². The summed E-state index contributed by atoms with van der Waals surface area (Å²) in [5.41, 5.74) is 0. The molecule has 0 bridgehead atoms. The number of rotatable bonds is 24. The number of carbonyl (C=O) groups is 1. The quantitative estimate of drug-likeness (QED) is 0.118. The molecule has 1 fully saturated rings. The molecule has 0 radical (unpaired) electrons. The fourth-order valence-corrected chi connectivity index (χ4v) is 4.81. The van der Waals surface area contributed by atoms with E-state index in [9.17, 15) is 9.90 Å². The molecule has 0 spiro atoms. The van der Waals surface area contributed by atoms with Crippen molar-refractivity contribution in [2.45, 2.75) is 161 Å². The Bertz CT molecular complexity index is 423. The molecular weight excluding hydrogens is 396 g/mol. The van der Waals surface area contributed by atoms with Crippen molar-refractivity contribution in [2.24, 2.45) is 11.8 Å². The van der Waals surface area contributed by atoms with Crippen molar-refractivity contribution >= 4 is 5.97 Å². The molecule has 0 unspecified atom stereocenters. The lowest BCUT2D eigenvalue weighted by Crippen LogP contribution is -2.07. The van der Waals surface area contributed by atoms with Gasteiger partial charge in [-0.15, -0.1) is 0 Å². The molecule has 0 amide bonds. The summed E-state index contributed by atoms with van der Waals surface area (Å²) in [6.45, 7) is 5.18. The van der Waals surface area contributed by atoms with Gasteiger partial charge in [0.2, 0.25) is 0 Å². The molecule has 1 N–H and O–H groups in total. The summed E-state index contributed by atoms with van der Waals surface area (Å²) in [4.78, 5) is 11.9. The highest BCUT2D eigenvalue weighted by atomic mass is 16.5. The molecule has 1 rings (SSSR count). The summed E-state index contributed by atoms with van der Waals surface area (Å²) in [6.07, 6.45) is 26.5. The van der Waals surface area contributed by atoms with Crippen molar-refractivity contribution in [1.82, 2.24) is 0 Å². The Morgan fingerprint density at radius 3 is 1.81 bits per heavy atom. The maximum Gasteiger partial charge on any atom is 0.305 e. The molecule has 190 valence electrons. The molecule has 0 aromatic rings. The van der Waals surface area contributed by atoms with E-state index in [0.717, 1.165) is 38.0 Å². The van der Waals surface area contributed by atoms with Crippen molar-refractivity contribution in [3.05, 3.63) is 0 Å². The van der Waals surface area contributed by atoms with Gasteiger partial charge < -0.3 is 9.84 Å². The maximum absolute atomic E-state index is 11.9. The van der Waals surface area contributed by atoms with Gasteiger partial charge >= 0.3 is 5.97 Å². The van der Waals surface area contributed by atoms with Crippen LogP contribution in [0.5, 0.6) is 0 Å². The first-order chi connectivity index (χ1) is 15.7. The van der Waals surface area contributed by atoms with Crippen molar-refractivity contribution in [1.29, 1.82) is 0 Å². The SMILES string of the molecule is CCCCCCCCC[C@H](O)CCCCCCCCC(=O)OC[C@@H]1C[C@H]1CCCCCC. The van der Waals surface area contributed by atoms with Gasteiger partial charge in [-0.05, 0) is 37.5 Å². The second-order valence-electron chi connectivity index (χ2n) is 10.5. The van der Waals surface area contributed by atoms with E-state index in [0.29, 0.717) is 18.9 Å². The van der Waals surface area contributed by atoms with E-state index in [4.69, 9.17) is 4.74 Å². The average molecular weight is 453 g/mol. The first-order valence-electron chi connectivity index (χ1n) is 14.5. The van der Waals surface area contributed by atoms with Crippen LogP contribution >= 0.6 is 0 Å². The molecule has 1 aliphatic carbocycles. The topological polar surface area (TPSA) is 46.5 Å². The van der Waals surface area contributed by atoms with Crippen LogP contribution in [0, 0.1) is 11.8 Å². The molecule has 0 aromatic carbocycles. The Hall–Kier alpha value is -0.570. The Morgan fingerprint density at radius 1 is 0.719 bits per heavy atom. The standard InChI is InChI=1S/C29H56O3/c1-3-5-7-9-10-13-17-21-28(30)22-18-14-11-12-15-19-23-29(31)32-25-27-24-26(27)20-16-8-6-4-2/h26-28,30H,3-25H2,1-2H3/t26-,27+,28+/m1/s1. The van der Waals surface area contributed by atoms with Gasteiger partial charge in [0, 0.05) is 6.42 Å². The van der Waals surface area contributed by atoms with Gasteiger partial charge in [-0.1, -0.05) is 123 Å². The molecule has 1 saturated carbocycles. The summed E-state index contributed by atoms with van der Waals surface area (Å²) >= 11 is 0. The molecule has 3 heteroatoms.